The lowest BCUT2D eigenvalue weighted by molar-refractivity contribution is -0.116. The number of benzene rings is 2. The smallest absolute Gasteiger partial charge is 0.243 e. The van der Waals surface area contributed by atoms with E-state index in [1.807, 2.05) is 0 Å². The molecule has 2 aromatic rings. The summed E-state index contributed by atoms with van der Waals surface area (Å²) in [6.07, 6.45) is 0. The van der Waals surface area contributed by atoms with Crippen LogP contribution in [0.25, 0.3) is 0 Å². The highest BCUT2D eigenvalue weighted by atomic mass is 35.5. The molecule has 0 radical (unpaired) electrons. The Kier molecular flexibility index (Phi) is 6.29. The minimum atomic E-state index is -3.80. The monoisotopic (exact) mass is 402 g/mol. The zero-order valence-electron chi connectivity index (χ0n) is 13.5. The number of nitrogens with zero attached hydrogens (tertiary/aromatic N) is 1. The second-order valence-corrected chi connectivity index (χ2v) is 7.97. The molecule has 6 nitrogen and oxygen atoms in total. The molecule has 25 heavy (non-hydrogen) atoms. The van der Waals surface area contributed by atoms with Crippen LogP contribution in [0.5, 0.6) is 5.75 Å². The molecule has 0 heterocycles. The van der Waals surface area contributed by atoms with E-state index in [1.165, 1.54) is 50.6 Å². The second kappa shape index (κ2) is 8.05. The maximum absolute atomic E-state index is 12.5. The predicted octanol–water partition coefficient (Wildman–Crippen LogP) is 3.26. The fourth-order valence-corrected chi connectivity index (χ4v) is 3.41. The van der Waals surface area contributed by atoms with Crippen LogP contribution >= 0.6 is 23.2 Å². The van der Waals surface area contributed by atoms with E-state index in [0.29, 0.717) is 21.5 Å². The molecular formula is C16H16Cl2N2O4S. The maximum atomic E-state index is 12.5. The van der Waals surface area contributed by atoms with Crippen molar-refractivity contribution in [1.82, 2.24) is 4.31 Å². The Balaban J connectivity index is 2.07. The van der Waals surface area contributed by atoms with Gasteiger partial charge in [-0.15, -0.1) is 0 Å². The molecule has 0 spiro atoms. The SMILES string of the molecule is COc1ccc(S(=O)(=O)N(C)CC(=O)Nc2ccc(Cl)c(Cl)c2)cc1. The Bertz CT molecular complexity index is 870. The highest BCUT2D eigenvalue weighted by Crippen LogP contribution is 2.25. The van der Waals surface area contributed by atoms with Gasteiger partial charge in [0, 0.05) is 12.7 Å². The van der Waals surface area contributed by atoms with Crippen LogP contribution in [0.15, 0.2) is 47.4 Å². The summed E-state index contributed by atoms with van der Waals surface area (Å²) in [5, 5.41) is 3.23. The van der Waals surface area contributed by atoms with Crippen molar-refractivity contribution in [2.45, 2.75) is 4.90 Å². The molecule has 0 fully saturated rings. The highest BCUT2D eigenvalue weighted by molar-refractivity contribution is 7.89. The topological polar surface area (TPSA) is 75.7 Å². The Morgan fingerprint density at radius 3 is 2.32 bits per heavy atom. The van der Waals surface area contributed by atoms with Crippen LogP contribution in [-0.4, -0.2) is 39.3 Å². The second-order valence-electron chi connectivity index (χ2n) is 5.11. The molecule has 0 aliphatic rings. The number of likely N-dealkylation sites (N-methyl/N-ethyl adjacent to an activating group) is 1. The van der Waals surface area contributed by atoms with Gasteiger partial charge in [-0.2, -0.15) is 4.31 Å². The number of sulfonamides is 1. The van der Waals surface area contributed by atoms with Crippen molar-refractivity contribution < 1.29 is 17.9 Å². The van der Waals surface area contributed by atoms with E-state index in [0.717, 1.165) is 4.31 Å². The number of rotatable bonds is 6. The molecule has 0 unspecified atom stereocenters. The largest absolute Gasteiger partial charge is 0.497 e. The van der Waals surface area contributed by atoms with Crippen molar-refractivity contribution in [2.24, 2.45) is 0 Å². The summed E-state index contributed by atoms with van der Waals surface area (Å²) >= 11 is 11.7. The van der Waals surface area contributed by atoms with Crippen molar-refractivity contribution in [3.8, 4) is 5.75 Å². The van der Waals surface area contributed by atoms with E-state index in [9.17, 15) is 13.2 Å². The summed E-state index contributed by atoms with van der Waals surface area (Å²) in [5.41, 5.74) is 0.426. The average Bonchev–Trinajstić information content (AvgIpc) is 2.58. The van der Waals surface area contributed by atoms with E-state index in [-0.39, 0.29) is 11.4 Å². The third-order valence-corrected chi connectivity index (χ3v) is 5.89. The summed E-state index contributed by atoms with van der Waals surface area (Å²) < 4.78 is 30.9. The summed E-state index contributed by atoms with van der Waals surface area (Å²) in [6, 6.07) is 10.5. The van der Waals surface area contributed by atoms with E-state index in [1.54, 1.807) is 6.07 Å². The van der Waals surface area contributed by atoms with Gasteiger partial charge in [0.1, 0.15) is 5.75 Å². The molecule has 134 valence electrons. The van der Waals surface area contributed by atoms with Gasteiger partial charge in [-0.25, -0.2) is 8.42 Å². The Morgan fingerprint density at radius 2 is 1.76 bits per heavy atom. The van der Waals surface area contributed by atoms with E-state index in [2.05, 4.69) is 5.32 Å². The van der Waals surface area contributed by atoms with Gasteiger partial charge in [-0.05, 0) is 42.5 Å². The number of methoxy groups -OCH3 is 1. The quantitative estimate of drug-likeness (QED) is 0.804. The normalized spacial score (nSPS) is 11.4. The molecular weight excluding hydrogens is 387 g/mol. The van der Waals surface area contributed by atoms with Gasteiger partial charge in [-0.1, -0.05) is 23.2 Å². The molecule has 0 bridgehead atoms. The van der Waals surface area contributed by atoms with Crippen LogP contribution in [0, 0.1) is 0 Å². The van der Waals surface area contributed by atoms with Gasteiger partial charge in [0.15, 0.2) is 0 Å². The number of anilines is 1. The van der Waals surface area contributed by atoms with Crippen LogP contribution < -0.4 is 10.1 Å². The van der Waals surface area contributed by atoms with Gasteiger partial charge >= 0.3 is 0 Å². The molecule has 0 aromatic heterocycles. The Morgan fingerprint density at radius 1 is 1.12 bits per heavy atom. The third-order valence-electron chi connectivity index (χ3n) is 3.34. The minimum absolute atomic E-state index is 0.0677. The lowest BCUT2D eigenvalue weighted by Crippen LogP contribution is -2.34. The summed E-state index contributed by atoms with van der Waals surface area (Å²) in [5.74, 6) is 0.0388. The number of hydrogen-bond acceptors (Lipinski definition) is 4. The van der Waals surface area contributed by atoms with Crippen molar-refractivity contribution in [3.63, 3.8) is 0 Å². The van der Waals surface area contributed by atoms with Gasteiger partial charge in [0.25, 0.3) is 0 Å². The molecule has 0 aliphatic heterocycles. The van der Waals surface area contributed by atoms with Gasteiger partial charge in [-0.3, -0.25) is 4.79 Å². The van der Waals surface area contributed by atoms with Crippen LogP contribution in [0.4, 0.5) is 5.69 Å². The van der Waals surface area contributed by atoms with Crippen LogP contribution in [0.3, 0.4) is 0 Å². The van der Waals surface area contributed by atoms with E-state index >= 15 is 0 Å². The van der Waals surface area contributed by atoms with Crippen LogP contribution in [0.1, 0.15) is 0 Å². The first-order valence-electron chi connectivity index (χ1n) is 7.09. The maximum Gasteiger partial charge on any atom is 0.243 e. The molecule has 0 saturated heterocycles. The lowest BCUT2D eigenvalue weighted by Gasteiger charge is -2.17. The summed E-state index contributed by atoms with van der Waals surface area (Å²) in [4.78, 5) is 12.2. The molecule has 0 atom stereocenters. The van der Waals surface area contributed by atoms with E-state index in [4.69, 9.17) is 27.9 Å². The zero-order valence-corrected chi connectivity index (χ0v) is 15.8. The van der Waals surface area contributed by atoms with Crippen molar-refractivity contribution in [3.05, 3.63) is 52.5 Å². The van der Waals surface area contributed by atoms with Crippen molar-refractivity contribution in [1.29, 1.82) is 0 Å². The number of carbonyl (C=O) groups excluding carboxylic acids is 1. The molecule has 1 N–H and O–H groups in total. The summed E-state index contributed by atoms with van der Waals surface area (Å²) in [7, 11) is -0.980. The van der Waals surface area contributed by atoms with Crippen molar-refractivity contribution >= 4 is 44.8 Å². The fourth-order valence-electron chi connectivity index (χ4n) is 1.99. The minimum Gasteiger partial charge on any atom is -0.497 e. The first kappa shape index (κ1) is 19.5. The molecule has 2 rings (SSSR count). The lowest BCUT2D eigenvalue weighted by atomic mass is 10.3. The van der Waals surface area contributed by atoms with E-state index < -0.39 is 15.9 Å². The van der Waals surface area contributed by atoms with Crippen molar-refractivity contribution in [2.75, 3.05) is 26.0 Å². The first-order valence-corrected chi connectivity index (χ1v) is 9.29. The zero-order chi connectivity index (χ0) is 18.6. The number of hydrogen-bond donors (Lipinski definition) is 1. The standard InChI is InChI=1S/C16H16Cl2N2O4S/c1-20(25(22,23)13-6-4-12(24-2)5-7-13)10-16(21)19-11-3-8-14(17)15(18)9-11/h3-9H,10H2,1-2H3,(H,19,21). The Labute approximate surface area is 156 Å². The number of carbonyl (C=O) groups is 1. The number of ether oxygens (including phenoxy) is 1. The number of amides is 1. The highest BCUT2D eigenvalue weighted by Gasteiger charge is 2.23. The van der Waals surface area contributed by atoms with Crippen LogP contribution in [0.2, 0.25) is 10.0 Å². The molecule has 1 amide bonds. The fraction of sp³-hybridized carbons (Fsp3) is 0.188. The molecule has 0 aliphatic carbocycles. The number of nitrogens with one attached hydrogen (secondary N) is 1. The number of halogens is 2. The molecule has 2 aromatic carbocycles. The van der Waals surface area contributed by atoms with Gasteiger partial charge in [0.05, 0.1) is 28.6 Å². The predicted molar refractivity (Wildman–Crippen MR) is 97.9 cm³/mol. The average molecular weight is 403 g/mol. The third kappa shape index (κ3) is 4.85. The first-order chi connectivity index (χ1) is 11.7. The summed E-state index contributed by atoms with van der Waals surface area (Å²) in [6.45, 7) is -0.353. The van der Waals surface area contributed by atoms with Gasteiger partial charge < -0.3 is 10.1 Å². The Hall–Kier alpha value is -1.80. The molecule has 9 heteroatoms. The van der Waals surface area contributed by atoms with Crippen LogP contribution in [-0.2, 0) is 14.8 Å². The molecule has 0 saturated carbocycles. The van der Waals surface area contributed by atoms with Gasteiger partial charge in [0.2, 0.25) is 15.9 Å².